The first-order chi connectivity index (χ1) is 8.58. The average molecular weight is 251 g/mol. The fourth-order valence-electron chi connectivity index (χ4n) is 1.52. The number of pyridine rings is 1. The minimum atomic E-state index is -1.09. The molecule has 1 rings (SSSR count). The zero-order chi connectivity index (χ0) is 13.5. The van der Waals surface area contributed by atoms with Crippen LogP contribution in [0.2, 0.25) is 0 Å². The summed E-state index contributed by atoms with van der Waals surface area (Å²) in [6, 6.07) is 3.03. The third kappa shape index (κ3) is 3.73. The van der Waals surface area contributed by atoms with Crippen molar-refractivity contribution in [2.75, 3.05) is 25.0 Å². The lowest BCUT2D eigenvalue weighted by Crippen LogP contribution is -2.35. The van der Waals surface area contributed by atoms with Crippen LogP contribution in [0, 0.1) is 0 Å². The Bertz CT molecular complexity index is 430. The van der Waals surface area contributed by atoms with Gasteiger partial charge >= 0.3 is 5.97 Å². The van der Waals surface area contributed by atoms with Gasteiger partial charge in [0.15, 0.2) is 0 Å². The number of hydrogen-bond acceptors (Lipinski definition) is 4. The molecule has 98 valence electrons. The molecular weight excluding hydrogens is 234 g/mol. The van der Waals surface area contributed by atoms with Crippen LogP contribution < -0.4 is 5.32 Å². The summed E-state index contributed by atoms with van der Waals surface area (Å²) in [5.41, 5.74) is 0.526. The van der Waals surface area contributed by atoms with E-state index in [4.69, 9.17) is 5.11 Å². The topological polar surface area (TPSA) is 82.5 Å². The van der Waals surface area contributed by atoms with E-state index in [2.05, 4.69) is 10.3 Å². The highest BCUT2D eigenvalue weighted by molar-refractivity contribution is 5.87. The minimum Gasteiger partial charge on any atom is -0.477 e. The van der Waals surface area contributed by atoms with Crippen LogP contribution in [0.5, 0.6) is 0 Å². The predicted octanol–water partition coefficient (Wildman–Crippen LogP) is 1.06. The summed E-state index contributed by atoms with van der Waals surface area (Å²) in [6.07, 6.45) is 1.40. The van der Waals surface area contributed by atoms with Crippen LogP contribution in [0.4, 0.5) is 5.69 Å². The molecular formula is C12H17N3O3. The Morgan fingerprint density at radius 3 is 2.61 bits per heavy atom. The van der Waals surface area contributed by atoms with E-state index in [1.54, 1.807) is 11.0 Å². The molecule has 0 aliphatic carbocycles. The minimum absolute atomic E-state index is 0.0197. The molecule has 0 atom stereocenters. The SMILES string of the molecule is CCN(CC)C(=O)CNc1ccnc(C(=O)O)c1. The summed E-state index contributed by atoms with van der Waals surface area (Å²) in [6.45, 7) is 5.29. The van der Waals surface area contributed by atoms with E-state index < -0.39 is 5.97 Å². The van der Waals surface area contributed by atoms with E-state index in [1.165, 1.54) is 12.3 Å². The smallest absolute Gasteiger partial charge is 0.354 e. The summed E-state index contributed by atoms with van der Waals surface area (Å²) in [7, 11) is 0. The maximum absolute atomic E-state index is 11.7. The van der Waals surface area contributed by atoms with E-state index >= 15 is 0 Å². The van der Waals surface area contributed by atoms with Crippen LogP contribution in [0.15, 0.2) is 18.3 Å². The molecule has 1 aromatic heterocycles. The summed E-state index contributed by atoms with van der Waals surface area (Å²) in [4.78, 5) is 27.9. The van der Waals surface area contributed by atoms with Gasteiger partial charge in [0.2, 0.25) is 5.91 Å². The average Bonchev–Trinajstić information content (AvgIpc) is 2.38. The Morgan fingerprint density at radius 2 is 2.06 bits per heavy atom. The molecule has 0 fully saturated rings. The molecule has 0 unspecified atom stereocenters. The van der Waals surface area contributed by atoms with Crippen LogP contribution in [0.25, 0.3) is 0 Å². The zero-order valence-electron chi connectivity index (χ0n) is 10.5. The number of aromatic carboxylic acids is 1. The van der Waals surface area contributed by atoms with Crippen LogP contribution in [0.1, 0.15) is 24.3 Å². The van der Waals surface area contributed by atoms with Crippen molar-refractivity contribution in [1.82, 2.24) is 9.88 Å². The summed E-state index contributed by atoms with van der Waals surface area (Å²) < 4.78 is 0. The van der Waals surface area contributed by atoms with Gasteiger partial charge in [0, 0.05) is 25.0 Å². The second-order valence-corrected chi connectivity index (χ2v) is 3.65. The van der Waals surface area contributed by atoms with Crippen molar-refractivity contribution in [2.24, 2.45) is 0 Å². The first-order valence-corrected chi connectivity index (χ1v) is 5.79. The van der Waals surface area contributed by atoms with Gasteiger partial charge in [-0.25, -0.2) is 9.78 Å². The van der Waals surface area contributed by atoms with E-state index in [1.807, 2.05) is 13.8 Å². The summed E-state index contributed by atoms with van der Waals surface area (Å²) in [5, 5.41) is 11.7. The lowest BCUT2D eigenvalue weighted by atomic mass is 10.3. The molecule has 0 radical (unpaired) electrons. The normalized spacial score (nSPS) is 9.89. The van der Waals surface area contributed by atoms with Gasteiger partial charge in [-0.1, -0.05) is 0 Å². The molecule has 0 aromatic carbocycles. The maximum atomic E-state index is 11.7. The highest BCUT2D eigenvalue weighted by atomic mass is 16.4. The molecule has 2 N–H and O–H groups in total. The third-order valence-electron chi connectivity index (χ3n) is 2.54. The number of carboxylic acid groups (broad SMARTS) is 1. The molecule has 18 heavy (non-hydrogen) atoms. The number of carboxylic acids is 1. The molecule has 0 saturated heterocycles. The first kappa shape index (κ1) is 14.0. The number of nitrogens with zero attached hydrogens (tertiary/aromatic N) is 2. The molecule has 0 spiro atoms. The second-order valence-electron chi connectivity index (χ2n) is 3.65. The number of carbonyl (C=O) groups excluding carboxylic acids is 1. The number of nitrogens with one attached hydrogen (secondary N) is 1. The van der Waals surface area contributed by atoms with E-state index in [0.29, 0.717) is 18.8 Å². The quantitative estimate of drug-likeness (QED) is 0.790. The van der Waals surface area contributed by atoms with Crippen molar-refractivity contribution < 1.29 is 14.7 Å². The maximum Gasteiger partial charge on any atom is 0.354 e. The predicted molar refractivity (Wildman–Crippen MR) is 67.6 cm³/mol. The number of amides is 1. The fourth-order valence-corrected chi connectivity index (χ4v) is 1.52. The van der Waals surface area contributed by atoms with Crippen LogP contribution in [-0.2, 0) is 4.79 Å². The zero-order valence-corrected chi connectivity index (χ0v) is 10.5. The molecule has 6 heteroatoms. The monoisotopic (exact) mass is 251 g/mol. The summed E-state index contributed by atoms with van der Waals surface area (Å²) >= 11 is 0. The number of rotatable bonds is 6. The second kappa shape index (κ2) is 6.58. The van der Waals surface area contributed by atoms with Gasteiger partial charge in [-0.05, 0) is 26.0 Å². The van der Waals surface area contributed by atoms with Crippen LogP contribution >= 0.6 is 0 Å². The van der Waals surface area contributed by atoms with Gasteiger partial charge in [0.1, 0.15) is 5.69 Å². The lowest BCUT2D eigenvalue weighted by molar-refractivity contribution is -0.128. The molecule has 1 aromatic rings. The molecule has 6 nitrogen and oxygen atoms in total. The van der Waals surface area contributed by atoms with Crippen molar-refractivity contribution in [3.05, 3.63) is 24.0 Å². The number of likely N-dealkylation sites (N-methyl/N-ethyl adjacent to an activating group) is 1. The molecule has 1 amide bonds. The largest absolute Gasteiger partial charge is 0.477 e. The standard InChI is InChI=1S/C12H17N3O3/c1-3-15(4-2)11(16)8-14-9-5-6-13-10(7-9)12(17)18/h5-7H,3-4,8H2,1-2H3,(H,13,14)(H,17,18). The fraction of sp³-hybridized carbons (Fsp3) is 0.417. The lowest BCUT2D eigenvalue weighted by Gasteiger charge is -2.19. The molecule has 0 saturated carbocycles. The number of anilines is 1. The number of aromatic nitrogens is 1. The number of hydrogen-bond donors (Lipinski definition) is 2. The van der Waals surface area contributed by atoms with Gasteiger partial charge in [-0.15, -0.1) is 0 Å². The third-order valence-corrected chi connectivity index (χ3v) is 2.54. The van der Waals surface area contributed by atoms with E-state index in [-0.39, 0.29) is 18.1 Å². The van der Waals surface area contributed by atoms with Gasteiger partial charge in [-0.3, -0.25) is 4.79 Å². The molecule has 0 aliphatic heterocycles. The van der Waals surface area contributed by atoms with Crippen molar-refractivity contribution >= 4 is 17.6 Å². The van der Waals surface area contributed by atoms with Gasteiger partial charge in [-0.2, -0.15) is 0 Å². The van der Waals surface area contributed by atoms with Gasteiger partial charge < -0.3 is 15.3 Å². The Balaban J connectivity index is 2.61. The molecule has 0 aliphatic rings. The van der Waals surface area contributed by atoms with Crippen molar-refractivity contribution in [3.63, 3.8) is 0 Å². The Hall–Kier alpha value is -2.11. The van der Waals surface area contributed by atoms with Crippen molar-refractivity contribution in [1.29, 1.82) is 0 Å². The number of carbonyl (C=O) groups is 2. The summed E-state index contributed by atoms with van der Waals surface area (Å²) in [5.74, 6) is -1.11. The van der Waals surface area contributed by atoms with Crippen molar-refractivity contribution in [3.8, 4) is 0 Å². The highest BCUT2D eigenvalue weighted by Gasteiger charge is 2.10. The van der Waals surface area contributed by atoms with Crippen LogP contribution in [-0.4, -0.2) is 46.5 Å². The Morgan fingerprint density at radius 1 is 1.39 bits per heavy atom. The van der Waals surface area contributed by atoms with Crippen LogP contribution in [0.3, 0.4) is 0 Å². The highest BCUT2D eigenvalue weighted by Crippen LogP contribution is 2.07. The Labute approximate surface area is 106 Å². The van der Waals surface area contributed by atoms with Crippen molar-refractivity contribution in [2.45, 2.75) is 13.8 Å². The Kier molecular flexibility index (Phi) is 5.10. The van der Waals surface area contributed by atoms with Gasteiger partial charge in [0.05, 0.1) is 6.54 Å². The molecule has 0 bridgehead atoms. The first-order valence-electron chi connectivity index (χ1n) is 5.79. The van der Waals surface area contributed by atoms with E-state index in [0.717, 1.165) is 0 Å². The van der Waals surface area contributed by atoms with Gasteiger partial charge in [0.25, 0.3) is 0 Å². The van der Waals surface area contributed by atoms with E-state index in [9.17, 15) is 9.59 Å². The molecule has 1 heterocycles.